The van der Waals surface area contributed by atoms with E-state index in [4.69, 9.17) is 10.8 Å². The quantitative estimate of drug-likeness (QED) is 0.845. The van der Waals surface area contributed by atoms with Crippen LogP contribution >= 0.6 is 23.5 Å². The van der Waals surface area contributed by atoms with Crippen LogP contribution in [-0.4, -0.2) is 37.8 Å². The molecule has 17 heavy (non-hydrogen) atoms. The number of nitrogens with zero attached hydrogens (tertiary/aromatic N) is 2. The Kier molecular flexibility index (Phi) is 3.78. The van der Waals surface area contributed by atoms with Gasteiger partial charge in [0.2, 0.25) is 0 Å². The van der Waals surface area contributed by atoms with Gasteiger partial charge in [0.15, 0.2) is 0 Å². The Labute approximate surface area is 108 Å². The van der Waals surface area contributed by atoms with Crippen molar-refractivity contribution in [3.8, 4) is 0 Å². The van der Waals surface area contributed by atoms with E-state index in [1.165, 1.54) is 6.20 Å². The van der Waals surface area contributed by atoms with E-state index in [2.05, 4.69) is 16.9 Å². The zero-order chi connectivity index (χ0) is 12.4. The number of carbonyl (C=O) groups is 1. The van der Waals surface area contributed by atoms with E-state index >= 15 is 0 Å². The Morgan fingerprint density at radius 3 is 2.82 bits per heavy atom. The molecule has 2 unspecified atom stereocenters. The van der Waals surface area contributed by atoms with E-state index in [0.717, 1.165) is 11.5 Å². The Hall–Kier alpha value is -0.950. The van der Waals surface area contributed by atoms with Crippen LogP contribution in [0.4, 0.5) is 5.82 Å². The van der Waals surface area contributed by atoms with Crippen molar-refractivity contribution in [3.05, 3.63) is 17.6 Å². The first-order valence-corrected chi connectivity index (χ1v) is 7.28. The number of nitrogen functional groups attached to an aromatic ring is 1. The number of carboxylic acids is 1. The monoisotopic (exact) mass is 271 g/mol. The highest BCUT2D eigenvalue weighted by Gasteiger charge is 2.27. The largest absolute Gasteiger partial charge is 0.477 e. The third-order valence-electron chi connectivity index (χ3n) is 2.51. The molecule has 0 amide bonds. The van der Waals surface area contributed by atoms with Gasteiger partial charge in [-0.1, -0.05) is 6.92 Å². The van der Waals surface area contributed by atoms with E-state index in [-0.39, 0.29) is 16.6 Å². The third kappa shape index (κ3) is 2.66. The minimum Gasteiger partial charge on any atom is -0.477 e. The Morgan fingerprint density at radius 1 is 1.53 bits per heavy atom. The maximum absolute atomic E-state index is 10.8. The lowest BCUT2D eigenvalue weighted by Gasteiger charge is -2.26. The van der Waals surface area contributed by atoms with E-state index in [1.807, 2.05) is 11.8 Å². The van der Waals surface area contributed by atoms with Gasteiger partial charge in [-0.05, 0) is 0 Å². The zero-order valence-corrected chi connectivity index (χ0v) is 10.9. The molecule has 0 spiro atoms. The molecule has 1 saturated heterocycles. The fraction of sp³-hybridized carbons (Fsp3) is 0.500. The predicted molar refractivity (Wildman–Crippen MR) is 70.5 cm³/mol. The molecular formula is C10H13N3O2S2. The van der Waals surface area contributed by atoms with Crippen LogP contribution in [-0.2, 0) is 0 Å². The van der Waals surface area contributed by atoms with Gasteiger partial charge in [0.1, 0.15) is 17.2 Å². The molecule has 2 atom stereocenters. The summed E-state index contributed by atoms with van der Waals surface area (Å²) in [7, 11) is 0. The van der Waals surface area contributed by atoms with Crippen molar-refractivity contribution in [2.45, 2.75) is 17.4 Å². The summed E-state index contributed by atoms with van der Waals surface area (Å²) in [6.45, 7) is 2.13. The second-order valence-corrected chi connectivity index (χ2v) is 6.43. The maximum Gasteiger partial charge on any atom is 0.341 e. The number of nitrogens with two attached hydrogens (primary N) is 1. The van der Waals surface area contributed by atoms with Gasteiger partial charge in [-0.15, -0.1) is 11.8 Å². The van der Waals surface area contributed by atoms with E-state index in [1.54, 1.807) is 11.8 Å². The van der Waals surface area contributed by atoms with Crippen molar-refractivity contribution in [2.24, 2.45) is 0 Å². The number of aromatic carboxylic acids is 1. The van der Waals surface area contributed by atoms with Crippen molar-refractivity contribution >= 4 is 35.3 Å². The van der Waals surface area contributed by atoms with Crippen molar-refractivity contribution in [2.75, 3.05) is 17.2 Å². The fourth-order valence-corrected chi connectivity index (χ4v) is 4.32. The summed E-state index contributed by atoms with van der Waals surface area (Å²) in [5, 5.41) is 9.46. The molecule has 5 nitrogen and oxygen atoms in total. The molecule has 0 aromatic carbocycles. The SMILES string of the molecule is CC1SCCSC1c1ncc(C(=O)O)c(N)n1. The van der Waals surface area contributed by atoms with Gasteiger partial charge in [0.25, 0.3) is 0 Å². The van der Waals surface area contributed by atoms with Crippen molar-refractivity contribution < 1.29 is 9.90 Å². The molecule has 0 radical (unpaired) electrons. The number of aromatic nitrogens is 2. The predicted octanol–water partition coefficient (Wildman–Crippen LogP) is 1.67. The Balaban J connectivity index is 2.27. The van der Waals surface area contributed by atoms with Crippen LogP contribution in [0.5, 0.6) is 0 Å². The third-order valence-corrected chi connectivity index (χ3v) is 5.60. The van der Waals surface area contributed by atoms with Gasteiger partial charge < -0.3 is 10.8 Å². The second-order valence-electron chi connectivity index (χ2n) is 3.70. The number of hydrogen-bond acceptors (Lipinski definition) is 6. The summed E-state index contributed by atoms with van der Waals surface area (Å²) in [5.74, 6) is 1.78. The van der Waals surface area contributed by atoms with Gasteiger partial charge >= 0.3 is 5.97 Å². The summed E-state index contributed by atoms with van der Waals surface area (Å²) in [6.07, 6.45) is 1.30. The summed E-state index contributed by atoms with van der Waals surface area (Å²) >= 11 is 3.68. The summed E-state index contributed by atoms with van der Waals surface area (Å²) < 4.78 is 0. The average molecular weight is 271 g/mol. The second kappa shape index (κ2) is 5.14. The molecule has 0 bridgehead atoms. The number of anilines is 1. The van der Waals surface area contributed by atoms with Crippen LogP contribution in [0.2, 0.25) is 0 Å². The Bertz CT molecular complexity index is 442. The molecule has 1 aromatic heterocycles. The van der Waals surface area contributed by atoms with E-state index in [9.17, 15) is 4.79 Å². The van der Waals surface area contributed by atoms with Crippen molar-refractivity contribution in [3.63, 3.8) is 0 Å². The van der Waals surface area contributed by atoms with Crippen LogP contribution in [0.25, 0.3) is 0 Å². The highest BCUT2D eigenvalue weighted by atomic mass is 32.2. The van der Waals surface area contributed by atoms with E-state index < -0.39 is 5.97 Å². The van der Waals surface area contributed by atoms with Crippen molar-refractivity contribution in [1.82, 2.24) is 9.97 Å². The molecule has 0 aliphatic carbocycles. The summed E-state index contributed by atoms with van der Waals surface area (Å²) in [6, 6.07) is 0. The van der Waals surface area contributed by atoms with Gasteiger partial charge in [-0.3, -0.25) is 0 Å². The molecule has 7 heteroatoms. The lowest BCUT2D eigenvalue weighted by molar-refractivity contribution is 0.0697. The zero-order valence-electron chi connectivity index (χ0n) is 9.29. The summed E-state index contributed by atoms with van der Waals surface area (Å²) in [5.41, 5.74) is 5.59. The highest BCUT2D eigenvalue weighted by molar-refractivity contribution is 8.06. The smallest absolute Gasteiger partial charge is 0.341 e. The summed E-state index contributed by atoms with van der Waals surface area (Å²) in [4.78, 5) is 19.1. The van der Waals surface area contributed by atoms with Gasteiger partial charge in [-0.25, -0.2) is 14.8 Å². The number of rotatable bonds is 2. The Morgan fingerprint density at radius 2 is 2.24 bits per heavy atom. The van der Waals surface area contributed by atoms with Crippen molar-refractivity contribution in [1.29, 1.82) is 0 Å². The maximum atomic E-state index is 10.8. The van der Waals surface area contributed by atoms with Gasteiger partial charge in [0.05, 0.1) is 5.25 Å². The molecule has 1 aliphatic rings. The molecular weight excluding hydrogens is 258 g/mol. The lowest BCUT2D eigenvalue weighted by Crippen LogP contribution is -2.19. The van der Waals surface area contributed by atoms with Crippen LogP contribution in [0.15, 0.2) is 6.20 Å². The first-order valence-electron chi connectivity index (χ1n) is 5.18. The van der Waals surface area contributed by atoms with Crippen LogP contribution in [0, 0.1) is 0 Å². The minimum atomic E-state index is -1.09. The normalized spacial score (nSPS) is 24.5. The lowest BCUT2D eigenvalue weighted by atomic mass is 10.2. The first-order chi connectivity index (χ1) is 8.09. The standard InChI is InChI=1S/C10H13N3O2S2/c1-5-7(17-3-2-16-5)9-12-4-6(10(14)15)8(11)13-9/h4-5,7H,2-3H2,1H3,(H,14,15)(H2,11,12,13). The average Bonchev–Trinajstić information content (AvgIpc) is 2.29. The van der Waals surface area contributed by atoms with Gasteiger partial charge in [-0.2, -0.15) is 11.8 Å². The molecule has 1 fully saturated rings. The molecule has 3 N–H and O–H groups in total. The molecule has 0 saturated carbocycles. The van der Waals surface area contributed by atoms with Crippen LogP contribution in [0.1, 0.15) is 28.4 Å². The molecule has 1 aliphatic heterocycles. The van der Waals surface area contributed by atoms with Gasteiger partial charge in [0, 0.05) is 23.0 Å². The molecule has 2 heterocycles. The minimum absolute atomic E-state index is 0.0325. The number of carboxylic acid groups (broad SMARTS) is 1. The van der Waals surface area contributed by atoms with Crippen LogP contribution < -0.4 is 5.73 Å². The number of thioether (sulfide) groups is 2. The van der Waals surface area contributed by atoms with E-state index in [0.29, 0.717) is 11.1 Å². The number of hydrogen-bond donors (Lipinski definition) is 2. The fourth-order valence-electron chi connectivity index (χ4n) is 1.63. The first kappa shape index (κ1) is 12.5. The molecule has 1 aromatic rings. The van der Waals surface area contributed by atoms with Crippen LogP contribution in [0.3, 0.4) is 0 Å². The molecule has 2 rings (SSSR count). The highest BCUT2D eigenvalue weighted by Crippen LogP contribution is 2.41. The molecule has 92 valence electrons. The topological polar surface area (TPSA) is 89.1 Å².